The number of carbonyl (C=O) groups excluding carboxylic acids is 1. The summed E-state index contributed by atoms with van der Waals surface area (Å²) in [6.45, 7) is -0.758. The third-order valence-electron chi connectivity index (χ3n) is 2.13. The third kappa shape index (κ3) is 3.39. The van der Waals surface area contributed by atoms with Crippen LogP contribution >= 0.6 is 0 Å². The van der Waals surface area contributed by atoms with Crippen LogP contribution in [0, 0.1) is 0 Å². The van der Waals surface area contributed by atoms with Crippen molar-refractivity contribution in [3.05, 3.63) is 29.6 Å². The van der Waals surface area contributed by atoms with Gasteiger partial charge in [0.2, 0.25) is 0 Å². The van der Waals surface area contributed by atoms with Crippen LogP contribution in [0.3, 0.4) is 0 Å². The minimum absolute atomic E-state index is 0.170. The molecule has 0 unspecified atom stereocenters. The van der Waals surface area contributed by atoms with E-state index >= 15 is 0 Å². The van der Waals surface area contributed by atoms with Gasteiger partial charge in [0, 0.05) is 6.20 Å². The molecule has 2 N–H and O–H groups in total. The van der Waals surface area contributed by atoms with Crippen LogP contribution < -0.4 is 5.32 Å². The normalized spacial score (nSPS) is 12.1. The van der Waals surface area contributed by atoms with Gasteiger partial charge in [0.05, 0.1) is 17.8 Å². The topological polar surface area (TPSA) is 79.3 Å². The predicted octanol–water partition coefficient (Wildman–Crippen LogP) is 1.59. The second-order valence-electron chi connectivity index (χ2n) is 3.60. The van der Waals surface area contributed by atoms with Gasteiger partial charge >= 0.3 is 24.0 Å². The molecule has 10 heteroatoms. The molecule has 0 aliphatic rings. The molecule has 0 atom stereocenters. The highest BCUT2D eigenvalue weighted by molar-refractivity contribution is 5.87. The van der Waals surface area contributed by atoms with Gasteiger partial charge in [-0.2, -0.15) is 22.0 Å². The first-order valence-corrected chi connectivity index (χ1v) is 4.97. The fourth-order valence-electron chi connectivity index (χ4n) is 1.12. The van der Waals surface area contributed by atoms with Crippen LogP contribution in [0.4, 0.5) is 22.0 Å². The lowest BCUT2D eigenvalue weighted by Gasteiger charge is -2.18. The van der Waals surface area contributed by atoms with Crippen molar-refractivity contribution >= 4 is 11.9 Å². The molecule has 0 radical (unpaired) electrons. The van der Waals surface area contributed by atoms with Crippen LogP contribution in [0.2, 0.25) is 0 Å². The summed E-state index contributed by atoms with van der Waals surface area (Å²) in [5, 5.41) is 9.99. The smallest absolute Gasteiger partial charge is 0.463 e. The quantitative estimate of drug-likeness (QED) is 0.827. The molecule has 1 amide bonds. The highest BCUT2D eigenvalue weighted by Crippen LogP contribution is 2.35. The van der Waals surface area contributed by atoms with Gasteiger partial charge in [0.15, 0.2) is 0 Å². The van der Waals surface area contributed by atoms with Gasteiger partial charge in [-0.1, -0.05) is 0 Å². The molecule has 0 spiro atoms. The molecule has 0 saturated carbocycles. The van der Waals surface area contributed by atoms with Gasteiger partial charge in [-0.25, -0.2) is 4.79 Å². The SMILES string of the molecule is O=C(O)c1ccnc(CNC(=O)C(F)(F)C(F)(F)F)c1. The summed E-state index contributed by atoms with van der Waals surface area (Å²) >= 11 is 0. The lowest BCUT2D eigenvalue weighted by atomic mass is 10.2. The van der Waals surface area contributed by atoms with Gasteiger partial charge < -0.3 is 10.4 Å². The van der Waals surface area contributed by atoms with Gasteiger partial charge in [-0.05, 0) is 12.1 Å². The molecule has 0 aliphatic heterocycles. The van der Waals surface area contributed by atoms with E-state index in [0.717, 1.165) is 18.3 Å². The summed E-state index contributed by atoms with van der Waals surface area (Å²) in [4.78, 5) is 24.9. The number of hydrogen-bond acceptors (Lipinski definition) is 3. The van der Waals surface area contributed by atoms with E-state index in [-0.39, 0.29) is 11.3 Å². The number of rotatable bonds is 4. The molecule has 0 fully saturated rings. The second kappa shape index (κ2) is 5.39. The number of aromatic carboxylic acids is 1. The Morgan fingerprint density at radius 1 is 1.25 bits per heavy atom. The van der Waals surface area contributed by atoms with Crippen LogP contribution in [0.25, 0.3) is 0 Å². The number of halogens is 5. The van der Waals surface area contributed by atoms with E-state index in [2.05, 4.69) is 4.98 Å². The molecule has 0 aliphatic carbocycles. The number of carbonyl (C=O) groups is 2. The Balaban J connectivity index is 2.75. The van der Waals surface area contributed by atoms with E-state index in [4.69, 9.17) is 5.11 Å². The van der Waals surface area contributed by atoms with Crippen LogP contribution in [0.15, 0.2) is 18.3 Å². The largest absolute Gasteiger partial charge is 0.478 e. The zero-order valence-electron chi connectivity index (χ0n) is 9.54. The standard InChI is InChI=1S/C10H7F5N2O3/c11-9(12,10(13,14)15)8(20)17-4-6-3-5(7(18)19)1-2-16-6/h1-3H,4H2,(H,17,20)(H,18,19). The lowest BCUT2D eigenvalue weighted by molar-refractivity contribution is -0.269. The number of nitrogens with one attached hydrogen (secondary N) is 1. The number of nitrogens with zero attached hydrogens (tertiary/aromatic N) is 1. The van der Waals surface area contributed by atoms with Gasteiger partial charge in [-0.15, -0.1) is 0 Å². The van der Waals surface area contributed by atoms with E-state index in [0.29, 0.717) is 0 Å². The van der Waals surface area contributed by atoms with Gasteiger partial charge in [0.1, 0.15) is 0 Å². The molecule has 1 aromatic rings. The Bertz CT molecular complexity index is 530. The fraction of sp³-hybridized carbons (Fsp3) is 0.300. The van der Waals surface area contributed by atoms with Gasteiger partial charge in [0.25, 0.3) is 0 Å². The summed E-state index contributed by atoms with van der Waals surface area (Å²) in [7, 11) is 0. The molecule has 1 aromatic heterocycles. The van der Waals surface area contributed by atoms with Crippen LogP contribution in [-0.2, 0) is 11.3 Å². The van der Waals surface area contributed by atoms with Crippen molar-refractivity contribution < 1.29 is 36.6 Å². The average molecular weight is 298 g/mol. The Morgan fingerprint density at radius 2 is 1.85 bits per heavy atom. The summed E-state index contributed by atoms with van der Waals surface area (Å²) in [5.41, 5.74) is -0.414. The maximum atomic E-state index is 12.6. The molecule has 0 saturated heterocycles. The Morgan fingerprint density at radius 3 is 2.35 bits per heavy atom. The number of carboxylic acids is 1. The first-order chi connectivity index (χ1) is 9.05. The first kappa shape index (κ1) is 15.8. The van der Waals surface area contributed by atoms with Crippen LogP contribution in [0.5, 0.6) is 0 Å². The molecule has 1 rings (SSSR count). The number of pyridine rings is 1. The molecular formula is C10H7F5N2O3. The number of carboxylic acid groups (broad SMARTS) is 1. The summed E-state index contributed by atoms with van der Waals surface area (Å²) in [6, 6.07) is 2.03. The summed E-state index contributed by atoms with van der Waals surface area (Å²) in [5.74, 6) is -9.40. The van der Waals surface area contributed by atoms with E-state index in [9.17, 15) is 31.5 Å². The Kier molecular flexibility index (Phi) is 4.26. The number of hydrogen-bond donors (Lipinski definition) is 2. The minimum Gasteiger partial charge on any atom is -0.478 e. The van der Waals surface area contributed by atoms with E-state index < -0.39 is 30.5 Å². The van der Waals surface area contributed by atoms with Crippen LogP contribution in [0.1, 0.15) is 16.1 Å². The van der Waals surface area contributed by atoms with E-state index in [1.165, 1.54) is 5.32 Å². The lowest BCUT2D eigenvalue weighted by Crippen LogP contribution is -2.50. The highest BCUT2D eigenvalue weighted by atomic mass is 19.4. The maximum absolute atomic E-state index is 12.6. The molecular weight excluding hydrogens is 291 g/mol. The molecule has 110 valence electrons. The van der Waals surface area contributed by atoms with E-state index in [1.807, 2.05) is 0 Å². The zero-order chi connectivity index (χ0) is 15.6. The third-order valence-corrected chi connectivity index (χ3v) is 2.13. The van der Waals surface area contributed by atoms with Crippen molar-refractivity contribution in [3.8, 4) is 0 Å². The minimum atomic E-state index is -6.01. The van der Waals surface area contributed by atoms with Gasteiger partial charge in [-0.3, -0.25) is 9.78 Å². The molecule has 20 heavy (non-hydrogen) atoms. The molecule has 5 nitrogen and oxygen atoms in total. The molecule has 0 bridgehead atoms. The predicted molar refractivity (Wildman–Crippen MR) is 54.0 cm³/mol. The van der Waals surface area contributed by atoms with Crippen molar-refractivity contribution in [1.82, 2.24) is 10.3 Å². The average Bonchev–Trinajstić information content (AvgIpc) is 2.34. The van der Waals surface area contributed by atoms with Crippen molar-refractivity contribution in [2.24, 2.45) is 0 Å². The zero-order valence-corrected chi connectivity index (χ0v) is 9.54. The summed E-state index contributed by atoms with van der Waals surface area (Å²) in [6.07, 6.45) is -4.99. The maximum Gasteiger partial charge on any atom is 0.463 e. The first-order valence-electron chi connectivity index (χ1n) is 4.97. The second-order valence-corrected chi connectivity index (χ2v) is 3.60. The van der Waals surface area contributed by atoms with Crippen LogP contribution in [-0.4, -0.2) is 34.1 Å². The van der Waals surface area contributed by atoms with Crippen molar-refractivity contribution in [1.29, 1.82) is 0 Å². The number of amides is 1. The Hall–Kier alpha value is -2.26. The van der Waals surface area contributed by atoms with Crippen molar-refractivity contribution in [2.75, 3.05) is 0 Å². The monoisotopic (exact) mass is 298 g/mol. The molecule has 0 aromatic carbocycles. The molecule has 1 heterocycles. The highest BCUT2D eigenvalue weighted by Gasteiger charge is 2.63. The summed E-state index contributed by atoms with van der Waals surface area (Å²) < 4.78 is 60.8. The number of aromatic nitrogens is 1. The fourth-order valence-corrected chi connectivity index (χ4v) is 1.12. The van der Waals surface area contributed by atoms with E-state index in [1.54, 1.807) is 0 Å². The number of alkyl halides is 5. The van der Waals surface area contributed by atoms with Crippen molar-refractivity contribution in [3.63, 3.8) is 0 Å². The van der Waals surface area contributed by atoms with Crippen molar-refractivity contribution in [2.45, 2.75) is 18.6 Å². The Labute approximate surface area is 108 Å².